The fourth-order valence-electron chi connectivity index (χ4n) is 3.00. The van der Waals surface area contributed by atoms with Crippen LogP contribution in [0.25, 0.3) is 11.8 Å². The molecule has 4 rings (SSSR count). The third kappa shape index (κ3) is 4.21. The molecule has 29 heavy (non-hydrogen) atoms. The summed E-state index contributed by atoms with van der Waals surface area (Å²) in [6.07, 6.45) is 3.84. The smallest absolute Gasteiger partial charge is 0.266 e. The highest BCUT2D eigenvalue weighted by atomic mass is 79.9. The molecule has 0 bridgehead atoms. The maximum absolute atomic E-state index is 13.1. The molecule has 1 amide bonds. The minimum absolute atomic E-state index is 0.0830. The Morgan fingerprint density at radius 3 is 2.66 bits per heavy atom. The van der Waals surface area contributed by atoms with Crippen LogP contribution in [-0.2, 0) is 4.79 Å². The van der Waals surface area contributed by atoms with Gasteiger partial charge in [0, 0.05) is 28.6 Å². The molecule has 0 radical (unpaired) electrons. The number of hydrogen-bond acceptors (Lipinski definition) is 3. The lowest BCUT2D eigenvalue weighted by atomic mass is 10.3. The minimum atomic E-state index is -0.314. The predicted molar refractivity (Wildman–Crippen MR) is 120 cm³/mol. The highest BCUT2D eigenvalue weighted by Gasteiger charge is 2.32. The van der Waals surface area contributed by atoms with Crippen LogP contribution < -0.4 is 0 Å². The van der Waals surface area contributed by atoms with Gasteiger partial charge in [0.15, 0.2) is 5.17 Å². The van der Waals surface area contributed by atoms with Crippen LogP contribution in [0.2, 0.25) is 0 Å². The number of aliphatic imine (C=N–C) groups is 1. The summed E-state index contributed by atoms with van der Waals surface area (Å²) in [6.45, 7) is 2.42. The summed E-state index contributed by atoms with van der Waals surface area (Å²) in [4.78, 5) is 19.7. The quantitative estimate of drug-likeness (QED) is 0.439. The summed E-state index contributed by atoms with van der Waals surface area (Å²) in [5.74, 6) is -0.398. The van der Waals surface area contributed by atoms with Gasteiger partial charge in [-0.25, -0.2) is 9.38 Å². The van der Waals surface area contributed by atoms with Crippen LogP contribution in [0.5, 0.6) is 0 Å². The number of amidine groups is 1. The second kappa shape index (κ2) is 8.39. The average Bonchev–Trinajstić information content (AvgIpc) is 3.28. The topological polar surface area (TPSA) is 37.6 Å². The van der Waals surface area contributed by atoms with Crippen LogP contribution in [0.15, 0.2) is 81.2 Å². The number of aromatic nitrogens is 1. The molecule has 146 valence electrons. The predicted octanol–water partition coefficient (Wildman–Crippen LogP) is 6.00. The molecule has 1 aliphatic heterocycles. The molecule has 1 aromatic heterocycles. The fourth-order valence-corrected chi connectivity index (χ4v) is 4.44. The van der Waals surface area contributed by atoms with Crippen molar-refractivity contribution in [2.24, 2.45) is 4.99 Å². The van der Waals surface area contributed by atoms with E-state index in [9.17, 15) is 9.18 Å². The van der Waals surface area contributed by atoms with Crippen LogP contribution in [0.1, 0.15) is 12.6 Å². The Labute approximate surface area is 180 Å². The van der Waals surface area contributed by atoms with Gasteiger partial charge in [-0.1, -0.05) is 22.0 Å². The molecule has 1 fully saturated rings. The molecule has 0 atom stereocenters. The maximum atomic E-state index is 13.1. The van der Waals surface area contributed by atoms with Gasteiger partial charge in [0.1, 0.15) is 5.82 Å². The first-order valence-corrected chi connectivity index (χ1v) is 10.6. The van der Waals surface area contributed by atoms with Crippen molar-refractivity contribution in [3.05, 3.63) is 87.7 Å². The Bertz CT molecular complexity index is 1120. The van der Waals surface area contributed by atoms with E-state index in [-0.39, 0.29) is 11.7 Å². The minimum Gasteiger partial charge on any atom is -0.317 e. The molecule has 1 saturated heterocycles. The van der Waals surface area contributed by atoms with E-state index < -0.39 is 0 Å². The Morgan fingerprint density at radius 2 is 1.93 bits per heavy atom. The number of carbonyl (C=O) groups is 1. The molecule has 3 aromatic rings. The average molecular weight is 470 g/mol. The van der Waals surface area contributed by atoms with Gasteiger partial charge >= 0.3 is 0 Å². The van der Waals surface area contributed by atoms with Crippen molar-refractivity contribution in [1.82, 2.24) is 9.47 Å². The van der Waals surface area contributed by atoms with Crippen molar-refractivity contribution >= 4 is 50.5 Å². The number of amides is 1. The highest BCUT2D eigenvalue weighted by molar-refractivity contribution is 9.10. The zero-order chi connectivity index (χ0) is 20.4. The lowest BCUT2D eigenvalue weighted by Gasteiger charge is -2.12. The summed E-state index contributed by atoms with van der Waals surface area (Å²) in [5, 5.41) is 0.593. The van der Waals surface area contributed by atoms with Crippen molar-refractivity contribution in [3.8, 4) is 5.69 Å². The van der Waals surface area contributed by atoms with Gasteiger partial charge in [-0.15, -0.1) is 0 Å². The number of likely N-dealkylation sites (N-methyl/N-ethyl adjacent to an activating group) is 1. The normalized spacial score (nSPS) is 16.9. The van der Waals surface area contributed by atoms with E-state index in [0.29, 0.717) is 22.3 Å². The van der Waals surface area contributed by atoms with E-state index in [1.807, 2.05) is 60.2 Å². The second-order valence-electron chi connectivity index (χ2n) is 6.31. The van der Waals surface area contributed by atoms with Gasteiger partial charge in [0.2, 0.25) is 0 Å². The van der Waals surface area contributed by atoms with Crippen molar-refractivity contribution < 1.29 is 9.18 Å². The van der Waals surface area contributed by atoms with E-state index in [4.69, 9.17) is 0 Å². The van der Waals surface area contributed by atoms with Crippen LogP contribution >= 0.6 is 27.7 Å². The summed E-state index contributed by atoms with van der Waals surface area (Å²) in [7, 11) is 0. The second-order valence-corrected chi connectivity index (χ2v) is 8.24. The molecule has 0 saturated carbocycles. The molecule has 2 aromatic carbocycles. The van der Waals surface area contributed by atoms with Crippen molar-refractivity contribution in [2.45, 2.75) is 6.92 Å². The van der Waals surface area contributed by atoms with E-state index in [0.717, 1.165) is 15.9 Å². The lowest BCUT2D eigenvalue weighted by molar-refractivity contribution is -0.122. The summed E-state index contributed by atoms with van der Waals surface area (Å²) >= 11 is 4.83. The third-order valence-electron chi connectivity index (χ3n) is 4.40. The summed E-state index contributed by atoms with van der Waals surface area (Å²) < 4.78 is 16.2. The fraction of sp³-hybridized carbons (Fsp3) is 0.0909. The first-order valence-electron chi connectivity index (χ1n) is 9.04. The molecule has 0 unspecified atom stereocenters. The molecule has 0 spiro atoms. The molecule has 1 aliphatic rings. The van der Waals surface area contributed by atoms with E-state index in [2.05, 4.69) is 20.9 Å². The van der Waals surface area contributed by atoms with E-state index in [1.54, 1.807) is 17.0 Å². The number of benzene rings is 2. The van der Waals surface area contributed by atoms with Crippen molar-refractivity contribution in [1.29, 1.82) is 0 Å². The number of rotatable bonds is 4. The molecule has 2 heterocycles. The number of nitrogens with zero attached hydrogens (tertiary/aromatic N) is 3. The summed E-state index contributed by atoms with van der Waals surface area (Å²) in [6, 6.07) is 17.8. The van der Waals surface area contributed by atoms with Crippen LogP contribution in [0, 0.1) is 5.82 Å². The van der Waals surface area contributed by atoms with Gasteiger partial charge in [0.05, 0.1) is 10.6 Å². The zero-order valence-electron chi connectivity index (χ0n) is 15.5. The van der Waals surface area contributed by atoms with Crippen molar-refractivity contribution in [2.75, 3.05) is 6.54 Å². The standard InChI is InChI=1S/C22H17BrFN3OS/c1-2-26-21(28)20(29-22(26)25-17-10-8-16(24)9-11-17)14-19-7-4-12-27(19)18-6-3-5-15(23)13-18/h3-14H,2H2,1H3/b20-14-,25-22?. The molecular weight excluding hydrogens is 453 g/mol. The van der Waals surface area contributed by atoms with E-state index in [1.165, 1.54) is 23.9 Å². The molecule has 0 aliphatic carbocycles. The molecule has 4 nitrogen and oxygen atoms in total. The van der Waals surface area contributed by atoms with Crippen LogP contribution in [-0.4, -0.2) is 27.1 Å². The van der Waals surface area contributed by atoms with Crippen molar-refractivity contribution in [3.63, 3.8) is 0 Å². The number of thioether (sulfide) groups is 1. The first-order chi connectivity index (χ1) is 14.0. The number of carbonyl (C=O) groups excluding carboxylic acids is 1. The van der Waals surface area contributed by atoms with E-state index >= 15 is 0 Å². The van der Waals surface area contributed by atoms with Gasteiger partial charge in [-0.05, 0) is 79.4 Å². The SMILES string of the molecule is CCN1C(=O)/C(=C/c2cccn2-c2cccc(Br)c2)SC1=Nc1ccc(F)cc1. The maximum Gasteiger partial charge on any atom is 0.266 e. The molecule has 7 heteroatoms. The largest absolute Gasteiger partial charge is 0.317 e. The van der Waals surface area contributed by atoms with Gasteiger partial charge in [0.25, 0.3) is 5.91 Å². The Hall–Kier alpha value is -2.64. The molecular formula is C22H17BrFN3OS. The monoisotopic (exact) mass is 469 g/mol. The zero-order valence-corrected chi connectivity index (χ0v) is 18.0. The Morgan fingerprint density at radius 1 is 1.14 bits per heavy atom. The Balaban J connectivity index is 1.68. The lowest BCUT2D eigenvalue weighted by Crippen LogP contribution is -2.28. The number of halogens is 2. The summed E-state index contributed by atoms with van der Waals surface area (Å²) in [5.41, 5.74) is 2.51. The first kappa shape index (κ1) is 19.7. The van der Waals surface area contributed by atoms with Gasteiger partial charge in [-0.3, -0.25) is 9.69 Å². The van der Waals surface area contributed by atoms with Crippen LogP contribution in [0.3, 0.4) is 0 Å². The molecule has 0 N–H and O–H groups in total. The number of hydrogen-bond donors (Lipinski definition) is 0. The highest BCUT2D eigenvalue weighted by Crippen LogP contribution is 2.34. The van der Waals surface area contributed by atoms with Gasteiger partial charge in [-0.2, -0.15) is 0 Å². The van der Waals surface area contributed by atoms with Gasteiger partial charge < -0.3 is 4.57 Å². The third-order valence-corrected chi connectivity index (χ3v) is 5.90. The van der Waals surface area contributed by atoms with Crippen LogP contribution in [0.4, 0.5) is 10.1 Å². The Kier molecular flexibility index (Phi) is 5.69.